The van der Waals surface area contributed by atoms with Crippen molar-refractivity contribution < 1.29 is 0 Å². The summed E-state index contributed by atoms with van der Waals surface area (Å²) in [5, 5.41) is 9.70. The average Bonchev–Trinajstić information content (AvgIpc) is 3.38. The Labute approximate surface area is 373 Å². The minimum atomic E-state index is 1.10. The van der Waals surface area contributed by atoms with Gasteiger partial charge < -0.3 is 0 Å². The van der Waals surface area contributed by atoms with Crippen LogP contribution >= 0.6 is 0 Å². The maximum absolute atomic E-state index is 4.61. The predicted molar refractivity (Wildman–Crippen MR) is 272 cm³/mol. The fourth-order valence-electron chi connectivity index (χ4n) is 9.89. The van der Waals surface area contributed by atoms with Crippen LogP contribution in [0.4, 0.5) is 0 Å². The Bertz CT molecular complexity index is 3560. The molecule has 11 aromatic carbocycles. The van der Waals surface area contributed by atoms with Gasteiger partial charge in [0, 0.05) is 18.0 Å². The fraction of sp³-hybridized carbons (Fsp3) is 0. The van der Waals surface area contributed by atoms with Crippen molar-refractivity contribution in [2.75, 3.05) is 0 Å². The van der Waals surface area contributed by atoms with Gasteiger partial charge in [0.15, 0.2) is 0 Å². The smallest absolute Gasteiger partial charge is 0.0346 e. The summed E-state index contributed by atoms with van der Waals surface area (Å²) in [6.07, 6.45) is 3.85. The SMILES string of the molecule is c1ccc(-c2cc(-c3ccccc3)cc(-c3c4ccccc4c(-c4cc(-c5ccccc5)cc(-c5ccccc5)c4)c4cc5c(cc34)c(-c3cccnc3)cc3ccccc35)c2)cc1. The van der Waals surface area contributed by atoms with Crippen LogP contribution in [-0.2, 0) is 0 Å². The summed E-state index contributed by atoms with van der Waals surface area (Å²) >= 11 is 0. The molecule has 1 heteroatoms. The summed E-state index contributed by atoms with van der Waals surface area (Å²) in [6.45, 7) is 0. The van der Waals surface area contributed by atoms with Crippen LogP contribution < -0.4 is 0 Å². The summed E-state index contributed by atoms with van der Waals surface area (Å²) in [7, 11) is 0. The second-order valence-electron chi connectivity index (χ2n) is 16.7. The van der Waals surface area contributed by atoms with E-state index in [1.54, 1.807) is 0 Å². The number of nitrogens with zero attached hydrogens (tertiary/aromatic N) is 1. The van der Waals surface area contributed by atoms with E-state index in [0.29, 0.717) is 0 Å². The van der Waals surface area contributed by atoms with E-state index in [1.807, 2.05) is 18.5 Å². The monoisotopic (exact) mass is 811 g/mol. The molecule has 0 aliphatic rings. The molecule has 0 saturated carbocycles. The zero-order chi connectivity index (χ0) is 42.4. The van der Waals surface area contributed by atoms with Crippen LogP contribution in [0.1, 0.15) is 0 Å². The first kappa shape index (κ1) is 37.4. The lowest BCUT2D eigenvalue weighted by Crippen LogP contribution is -1.95. The van der Waals surface area contributed by atoms with Crippen molar-refractivity contribution in [2.24, 2.45) is 0 Å². The number of fused-ring (bicyclic) bond motifs is 5. The van der Waals surface area contributed by atoms with E-state index in [9.17, 15) is 0 Å². The van der Waals surface area contributed by atoms with E-state index in [1.165, 1.54) is 115 Å². The van der Waals surface area contributed by atoms with Crippen molar-refractivity contribution in [1.29, 1.82) is 0 Å². The fourth-order valence-corrected chi connectivity index (χ4v) is 9.89. The first-order valence-corrected chi connectivity index (χ1v) is 22.0. The first-order chi connectivity index (χ1) is 31.7. The Morgan fingerprint density at radius 1 is 0.219 bits per heavy atom. The summed E-state index contributed by atoms with van der Waals surface area (Å²) < 4.78 is 0. The molecule has 0 saturated heterocycles. The molecule has 1 aromatic heterocycles. The molecule has 0 fully saturated rings. The quantitative estimate of drug-likeness (QED) is 0.115. The van der Waals surface area contributed by atoms with Gasteiger partial charge in [0.05, 0.1) is 0 Å². The molecule has 0 bridgehead atoms. The Morgan fingerprint density at radius 2 is 0.594 bits per heavy atom. The van der Waals surface area contributed by atoms with Gasteiger partial charge in [-0.05, 0) is 176 Å². The summed E-state index contributed by atoms with van der Waals surface area (Å²) in [4.78, 5) is 4.61. The maximum atomic E-state index is 4.61. The lowest BCUT2D eigenvalue weighted by Gasteiger charge is -2.22. The second kappa shape index (κ2) is 15.8. The van der Waals surface area contributed by atoms with Crippen molar-refractivity contribution in [1.82, 2.24) is 4.98 Å². The Kier molecular flexibility index (Phi) is 9.24. The summed E-state index contributed by atoms with van der Waals surface area (Å²) in [6, 6.07) is 86.9. The van der Waals surface area contributed by atoms with Gasteiger partial charge in [-0.1, -0.05) is 176 Å². The van der Waals surface area contributed by atoms with Crippen LogP contribution in [0.2, 0.25) is 0 Å². The molecule has 0 spiro atoms. The van der Waals surface area contributed by atoms with Gasteiger partial charge in [-0.25, -0.2) is 0 Å². The van der Waals surface area contributed by atoms with Crippen molar-refractivity contribution in [3.63, 3.8) is 0 Å². The Morgan fingerprint density at radius 3 is 1.03 bits per heavy atom. The highest BCUT2D eigenvalue weighted by Crippen LogP contribution is 2.49. The number of hydrogen-bond acceptors (Lipinski definition) is 1. The van der Waals surface area contributed by atoms with Crippen LogP contribution in [0.25, 0.3) is 121 Å². The first-order valence-electron chi connectivity index (χ1n) is 22.0. The van der Waals surface area contributed by atoms with E-state index in [0.717, 1.165) is 5.56 Å². The van der Waals surface area contributed by atoms with Crippen molar-refractivity contribution in [2.45, 2.75) is 0 Å². The van der Waals surface area contributed by atoms with E-state index >= 15 is 0 Å². The van der Waals surface area contributed by atoms with Crippen LogP contribution in [0.5, 0.6) is 0 Å². The number of hydrogen-bond donors (Lipinski definition) is 0. The van der Waals surface area contributed by atoms with Gasteiger partial charge >= 0.3 is 0 Å². The summed E-state index contributed by atoms with van der Waals surface area (Å²) in [5.74, 6) is 0. The molecular weight excluding hydrogens is 771 g/mol. The zero-order valence-corrected chi connectivity index (χ0v) is 35.1. The molecule has 0 N–H and O–H groups in total. The minimum absolute atomic E-state index is 1.10. The van der Waals surface area contributed by atoms with Gasteiger partial charge in [-0.2, -0.15) is 0 Å². The molecule has 0 radical (unpaired) electrons. The van der Waals surface area contributed by atoms with E-state index < -0.39 is 0 Å². The topological polar surface area (TPSA) is 12.9 Å². The Balaban J connectivity index is 1.27. The predicted octanol–water partition coefficient (Wildman–Crippen LogP) is 17.4. The van der Waals surface area contributed by atoms with Crippen molar-refractivity contribution in [3.8, 4) is 77.9 Å². The molecule has 64 heavy (non-hydrogen) atoms. The molecular formula is C63H41N. The number of rotatable bonds is 7. The molecule has 12 aromatic rings. The molecule has 0 aliphatic carbocycles. The lowest BCUT2D eigenvalue weighted by molar-refractivity contribution is 1.33. The third-order valence-corrected chi connectivity index (χ3v) is 12.8. The largest absolute Gasteiger partial charge is 0.264 e. The highest BCUT2D eigenvalue weighted by atomic mass is 14.6. The molecule has 298 valence electrons. The van der Waals surface area contributed by atoms with Gasteiger partial charge in [0.25, 0.3) is 0 Å². The van der Waals surface area contributed by atoms with E-state index in [-0.39, 0.29) is 0 Å². The van der Waals surface area contributed by atoms with Gasteiger partial charge in [-0.15, -0.1) is 0 Å². The van der Waals surface area contributed by atoms with Crippen LogP contribution in [0, 0.1) is 0 Å². The van der Waals surface area contributed by atoms with Crippen LogP contribution in [0.3, 0.4) is 0 Å². The minimum Gasteiger partial charge on any atom is -0.264 e. The third-order valence-electron chi connectivity index (χ3n) is 12.8. The normalized spacial score (nSPS) is 11.4. The highest BCUT2D eigenvalue weighted by Gasteiger charge is 2.22. The summed E-state index contributed by atoms with van der Waals surface area (Å²) in [5.41, 5.74) is 16.6. The molecule has 1 nitrogen and oxygen atoms in total. The second-order valence-corrected chi connectivity index (χ2v) is 16.7. The molecule has 0 aliphatic heterocycles. The molecule has 1 heterocycles. The van der Waals surface area contributed by atoms with Crippen molar-refractivity contribution >= 4 is 43.1 Å². The van der Waals surface area contributed by atoms with E-state index in [2.05, 4.69) is 236 Å². The van der Waals surface area contributed by atoms with Crippen LogP contribution in [-0.4, -0.2) is 4.98 Å². The Hall–Kier alpha value is -8.39. The molecule has 0 atom stereocenters. The average molecular weight is 812 g/mol. The lowest BCUT2D eigenvalue weighted by atomic mass is 9.81. The van der Waals surface area contributed by atoms with Gasteiger partial charge in [0.1, 0.15) is 0 Å². The number of benzene rings is 11. The van der Waals surface area contributed by atoms with E-state index in [4.69, 9.17) is 0 Å². The van der Waals surface area contributed by atoms with Crippen LogP contribution in [0.15, 0.2) is 249 Å². The standard InChI is InChI=1S/C63H41N/c1-5-18-42(19-6-1)48-32-49(43-20-7-2-8-21-43)35-52(34-48)62-55-29-15-16-30-56(55)63(53-36-50(44-22-9-3-10-23-44)33-51(37-53)45-24-11-4-12-25-45)61-40-59-57(47-27-17-31-64-41-47)38-46-26-13-14-28-54(46)58(59)39-60(61)62/h1-41H. The number of pyridine rings is 1. The molecule has 0 amide bonds. The zero-order valence-electron chi connectivity index (χ0n) is 35.1. The van der Waals surface area contributed by atoms with Gasteiger partial charge in [-0.3, -0.25) is 4.98 Å². The maximum Gasteiger partial charge on any atom is 0.0346 e. The highest BCUT2D eigenvalue weighted by molar-refractivity contribution is 6.27. The number of aromatic nitrogens is 1. The van der Waals surface area contributed by atoms with Gasteiger partial charge in [0.2, 0.25) is 0 Å². The molecule has 0 unspecified atom stereocenters. The molecule has 12 rings (SSSR count). The third kappa shape index (κ3) is 6.63. The van der Waals surface area contributed by atoms with Crippen molar-refractivity contribution in [3.05, 3.63) is 249 Å².